The molecule has 3 rings (SSSR count). The van der Waals surface area contributed by atoms with Crippen molar-refractivity contribution in [1.29, 1.82) is 0 Å². The van der Waals surface area contributed by atoms with Crippen LogP contribution in [0.5, 0.6) is 0 Å². The van der Waals surface area contributed by atoms with Gasteiger partial charge in [-0.3, -0.25) is 4.79 Å². The number of aromatic nitrogens is 1. The van der Waals surface area contributed by atoms with Gasteiger partial charge in [0.05, 0.1) is 5.03 Å². The molecule has 140 valence electrons. The van der Waals surface area contributed by atoms with Crippen molar-refractivity contribution in [3.05, 3.63) is 96.2 Å². The molecule has 0 fully saturated rings. The minimum atomic E-state index is 0. The molecule has 0 saturated heterocycles. The normalized spacial score (nSPS) is 10.1. The van der Waals surface area contributed by atoms with Crippen molar-refractivity contribution in [1.82, 2.24) is 9.88 Å². The Hall–Kier alpha value is -2.30. The Morgan fingerprint density at radius 3 is 2.22 bits per heavy atom. The summed E-state index contributed by atoms with van der Waals surface area (Å²) in [5.74, 6) is 1.02. The highest BCUT2D eigenvalue weighted by atomic mass is 35.5. The first-order valence-electron chi connectivity index (χ1n) is 8.75. The quantitative estimate of drug-likeness (QED) is 0.380. The van der Waals surface area contributed by atoms with Crippen molar-refractivity contribution < 1.29 is 4.79 Å². The summed E-state index contributed by atoms with van der Waals surface area (Å²) in [6, 6.07) is 25.6. The van der Waals surface area contributed by atoms with Crippen molar-refractivity contribution in [2.24, 2.45) is 0 Å². The molecular formula is C22H23ClN2OS. The Balaban J connectivity index is 0.00000261. The van der Waals surface area contributed by atoms with Crippen molar-refractivity contribution in [3.63, 3.8) is 0 Å². The highest BCUT2D eigenvalue weighted by Gasteiger charge is 2.15. The Kier molecular flexibility index (Phi) is 8.89. The maximum Gasteiger partial charge on any atom is 0.254 e. The standard InChI is InChI=1S/C22H22N2OS.ClH/c25-22(20-12-5-2-6-13-20)24(18-19-10-3-1-4-11-19)16-9-17-26-21-14-7-8-15-23-21;/h1-8,10-15H,9,16-18H2;1H. The number of hydrogen-bond acceptors (Lipinski definition) is 3. The molecule has 1 heterocycles. The number of hydrogen-bond donors (Lipinski definition) is 0. The fraction of sp³-hybridized carbons (Fsp3) is 0.182. The lowest BCUT2D eigenvalue weighted by molar-refractivity contribution is 0.0743. The predicted molar refractivity (Wildman–Crippen MR) is 114 cm³/mol. The van der Waals surface area contributed by atoms with E-state index < -0.39 is 0 Å². The number of halogens is 1. The Morgan fingerprint density at radius 1 is 0.889 bits per heavy atom. The molecule has 3 nitrogen and oxygen atoms in total. The van der Waals surface area contributed by atoms with Gasteiger partial charge in [-0.15, -0.1) is 24.2 Å². The number of carbonyl (C=O) groups is 1. The molecule has 0 radical (unpaired) electrons. The molecule has 0 N–H and O–H groups in total. The number of pyridine rings is 1. The van der Waals surface area contributed by atoms with Gasteiger partial charge in [-0.2, -0.15) is 0 Å². The topological polar surface area (TPSA) is 33.2 Å². The van der Waals surface area contributed by atoms with Gasteiger partial charge >= 0.3 is 0 Å². The molecule has 0 bridgehead atoms. The minimum Gasteiger partial charge on any atom is -0.334 e. The van der Waals surface area contributed by atoms with E-state index in [2.05, 4.69) is 17.1 Å². The van der Waals surface area contributed by atoms with Crippen LogP contribution >= 0.6 is 24.2 Å². The zero-order valence-corrected chi connectivity index (χ0v) is 16.7. The monoisotopic (exact) mass is 398 g/mol. The van der Waals surface area contributed by atoms with Gasteiger partial charge in [0, 0.05) is 30.6 Å². The summed E-state index contributed by atoms with van der Waals surface area (Å²) in [6.45, 7) is 1.35. The van der Waals surface area contributed by atoms with Gasteiger partial charge in [0.25, 0.3) is 5.91 Å². The lowest BCUT2D eigenvalue weighted by atomic mass is 10.1. The number of carbonyl (C=O) groups excluding carboxylic acids is 1. The van der Waals surface area contributed by atoms with E-state index in [0.29, 0.717) is 6.54 Å². The van der Waals surface area contributed by atoms with Crippen LogP contribution in [-0.2, 0) is 6.54 Å². The molecule has 3 aromatic rings. The van der Waals surface area contributed by atoms with E-state index in [1.807, 2.05) is 77.8 Å². The summed E-state index contributed by atoms with van der Waals surface area (Å²) >= 11 is 1.73. The molecular weight excluding hydrogens is 376 g/mol. The molecule has 5 heteroatoms. The first-order valence-corrected chi connectivity index (χ1v) is 9.73. The van der Waals surface area contributed by atoms with Crippen LogP contribution in [-0.4, -0.2) is 28.1 Å². The first kappa shape index (κ1) is 21.0. The maximum absolute atomic E-state index is 12.9. The summed E-state index contributed by atoms with van der Waals surface area (Å²) in [6.07, 6.45) is 2.73. The van der Waals surface area contributed by atoms with E-state index in [1.54, 1.807) is 11.8 Å². The summed E-state index contributed by atoms with van der Waals surface area (Å²) < 4.78 is 0. The average Bonchev–Trinajstić information content (AvgIpc) is 2.72. The number of nitrogens with zero attached hydrogens (tertiary/aromatic N) is 2. The van der Waals surface area contributed by atoms with Crippen LogP contribution in [0.3, 0.4) is 0 Å². The highest BCUT2D eigenvalue weighted by molar-refractivity contribution is 7.99. The second kappa shape index (κ2) is 11.4. The van der Waals surface area contributed by atoms with Crippen LogP contribution in [0.1, 0.15) is 22.3 Å². The zero-order chi connectivity index (χ0) is 18.0. The van der Waals surface area contributed by atoms with Gasteiger partial charge in [-0.25, -0.2) is 4.98 Å². The number of benzene rings is 2. The average molecular weight is 399 g/mol. The minimum absolute atomic E-state index is 0. The first-order chi connectivity index (χ1) is 12.8. The molecule has 0 spiro atoms. The van der Waals surface area contributed by atoms with Crippen molar-refractivity contribution >= 4 is 30.1 Å². The maximum atomic E-state index is 12.9. The van der Waals surface area contributed by atoms with E-state index >= 15 is 0 Å². The van der Waals surface area contributed by atoms with E-state index in [4.69, 9.17) is 0 Å². The second-order valence-corrected chi connectivity index (χ2v) is 7.06. The van der Waals surface area contributed by atoms with Crippen molar-refractivity contribution in [2.45, 2.75) is 18.0 Å². The number of thioether (sulfide) groups is 1. The van der Waals surface area contributed by atoms with Crippen LogP contribution in [0.4, 0.5) is 0 Å². The largest absolute Gasteiger partial charge is 0.334 e. The lowest BCUT2D eigenvalue weighted by Crippen LogP contribution is -2.31. The van der Waals surface area contributed by atoms with Crippen LogP contribution in [0.15, 0.2) is 90.1 Å². The van der Waals surface area contributed by atoms with Crippen molar-refractivity contribution in [2.75, 3.05) is 12.3 Å². The molecule has 0 aliphatic rings. The summed E-state index contributed by atoms with van der Waals surface area (Å²) in [5, 5.41) is 1.02. The molecule has 2 aromatic carbocycles. The Morgan fingerprint density at radius 2 is 1.56 bits per heavy atom. The van der Waals surface area contributed by atoms with Gasteiger partial charge in [0.15, 0.2) is 0 Å². The molecule has 0 aliphatic heterocycles. The zero-order valence-electron chi connectivity index (χ0n) is 15.0. The molecule has 0 saturated carbocycles. The Labute approximate surface area is 171 Å². The number of amides is 1. The summed E-state index contributed by atoms with van der Waals surface area (Å²) in [7, 11) is 0. The Bertz CT molecular complexity index is 800. The van der Waals surface area contributed by atoms with Gasteiger partial charge in [-0.1, -0.05) is 54.6 Å². The fourth-order valence-electron chi connectivity index (χ4n) is 2.68. The van der Waals surface area contributed by atoms with Crippen LogP contribution in [0.2, 0.25) is 0 Å². The highest BCUT2D eigenvalue weighted by Crippen LogP contribution is 2.16. The molecule has 0 unspecified atom stereocenters. The predicted octanol–water partition coefficient (Wildman–Crippen LogP) is 5.33. The van der Waals surface area contributed by atoms with E-state index in [9.17, 15) is 4.79 Å². The van der Waals surface area contributed by atoms with E-state index in [-0.39, 0.29) is 18.3 Å². The smallest absolute Gasteiger partial charge is 0.254 e. The van der Waals surface area contributed by atoms with E-state index in [0.717, 1.165) is 34.9 Å². The third-order valence-electron chi connectivity index (χ3n) is 3.98. The second-order valence-electron chi connectivity index (χ2n) is 5.95. The fourth-order valence-corrected chi connectivity index (χ4v) is 3.48. The summed E-state index contributed by atoms with van der Waals surface area (Å²) in [5.41, 5.74) is 1.88. The van der Waals surface area contributed by atoms with Crippen LogP contribution in [0.25, 0.3) is 0 Å². The van der Waals surface area contributed by atoms with Gasteiger partial charge in [0.1, 0.15) is 0 Å². The van der Waals surface area contributed by atoms with Gasteiger partial charge < -0.3 is 4.90 Å². The SMILES string of the molecule is Cl.O=C(c1ccccc1)N(CCCSc1ccccn1)Cc1ccccc1. The van der Waals surface area contributed by atoms with Gasteiger partial charge in [-0.05, 0) is 36.2 Å². The van der Waals surface area contributed by atoms with Crippen molar-refractivity contribution in [3.8, 4) is 0 Å². The van der Waals surface area contributed by atoms with Gasteiger partial charge in [0.2, 0.25) is 0 Å². The summed E-state index contributed by atoms with van der Waals surface area (Å²) in [4.78, 5) is 19.2. The lowest BCUT2D eigenvalue weighted by Gasteiger charge is -2.23. The molecule has 0 atom stereocenters. The molecule has 1 aromatic heterocycles. The molecule has 0 aliphatic carbocycles. The van der Waals surface area contributed by atoms with Crippen LogP contribution < -0.4 is 0 Å². The number of rotatable bonds is 8. The third kappa shape index (κ3) is 6.74. The van der Waals surface area contributed by atoms with E-state index in [1.165, 1.54) is 0 Å². The van der Waals surface area contributed by atoms with Crippen LogP contribution in [0, 0.1) is 0 Å². The molecule has 27 heavy (non-hydrogen) atoms. The third-order valence-corrected chi connectivity index (χ3v) is 5.01. The molecule has 1 amide bonds.